The van der Waals surface area contributed by atoms with Crippen molar-refractivity contribution in [2.24, 2.45) is 11.8 Å². The van der Waals surface area contributed by atoms with Crippen LogP contribution in [0.4, 0.5) is 0 Å². The first kappa shape index (κ1) is 75.9. The van der Waals surface area contributed by atoms with Gasteiger partial charge in [0.05, 0.1) is 45.7 Å². The highest BCUT2D eigenvalue weighted by Gasteiger charge is 2.29. The molecule has 2 heterocycles. The number of nitrogens with one attached hydrogen (secondary N) is 4. The largest absolute Gasteiger partial charge is 0.480 e. The summed E-state index contributed by atoms with van der Waals surface area (Å²) in [6, 6.07) is 55.8. The molecule has 530 valence electrons. The van der Waals surface area contributed by atoms with E-state index in [1.54, 1.807) is 48.6 Å². The van der Waals surface area contributed by atoms with Crippen molar-refractivity contribution in [2.45, 2.75) is 117 Å². The number of carboxylic acid groups (broad SMARTS) is 1. The average molecular weight is 1400 g/mol. The number of imidazole rings is 2. The molecule has 10 rings (SSSR count). The molecule has 0 aliphatic rings. The number of hydrogen-bond donors (Lipinski definition) is 5. The van der Waals surface area contributed by atoms with Crippen molar-refractivity contribution in [3.8, 4) is 0 Å². The van der Waals surface area contributed by atoms with Gasteiger partial charge in [-0.1, -0.05) is 198 Å². The summed E-state index contributed by atoms with van der Waals surface area (Å²) in [6.45, 7) is 11.5. The third-order valence-electron chi connectivity index (χ3n) is 18.8. The van der Waals surface area contributed by atoms with Gasteiger partial charge in [0.2, 0.25) is 23.6 Å². The molecular weight excluding hydrogens is 1310 g/mol. The van der Waals surface area contributed by atoms with Gasteiger partial charge >= 0.3 is 11.9 Å². The summed E-state index contributed by atoms with van der Waals surface area (Å²) < 4.78 is 9.02. The van der Waals surface area contributed by atoms with Gasteiger partial charge in [0.15, 0.2) is 0 Å². The van der Waals surface area contributed by atoms with Crippen molar-refractivity contribution in [3.63, 3.8) is 0 Å². The topological polar surface area (TPSA) is 222 Å². The number of rotatable bonds is 36. The second-order valence-corrected chi connectivity index (χ2v) is 28.1. The SMILES string of the molecule is CC[C@H](C)[C@@H](CN(CC(=O)N[C@@H](CCSC)C(=O)O)Cc1cccc2ccccc12)NC(=O)Cc1cncn1Cc1ccc2ccccc2c1.CC[C@H](C)[C@@H](CN(CC(=O)N[C@@H](CCSC)C(=O)OC)Cc1cccc2ccccc12)NC(=O)Cc1cncn1Cc1ccc2ccccc2c1. The third-order valence-corrected chi connectivity index (χ3v) is 20.1. The standard InChI is InChI=1S/C41H49N5O4S.C40H47N5O4S/c1-5-29(2)38(44-39(47)22-35-23-42-28-46(35)24-30-17-18-31-11-6-7-13-33(31)21-30)26-45(25-34-15-10-14-32-12-8-9-16-36(32)34)27-40(48)43-37(19-20-51-4)41(49)50-3;1-4-28(2)37(43-38(46)21-34-22-41-27-45(34)23-29-16-17-30-10-5-6-12-32(30)20-29)25-44(26-39(47)42-36(40(48)49)18-19-50-3)24-33-14-9-13-31-11-7-8-15-35(31)33/h6-18,21,23,28-29,37-38H,5,19-20,22,24-27H2,1-4H3,(H,43,48)(H,44,47);5-17,20,22,27-28,36-37H,4,18-19,21,23-26H2,1-3H3,(H,42,47)(H,43,46)(H,48,49)/t29-,37-,38+;28-,36-,37+/m00/s1. The van der Waals surface area contributed by atoms with Crippen molar-refractivity contribution in [2.75, 3.05) is 57.3 Å². The molecule has 6 atom stereocenters. The zero-order valence-electron chi connectivity index (χ0n) is 59.1. The molecule has 0 saturated heterocycles. The van der Waals surface area contributed by atoms with Gasteiger partial charge in [0.25, 0.3) is 0 Å². The number of nitrogens with zero attached hydrogens (tertiary/aromatic N) is 6. The Hall–Kier alpha value is -9.34. The number of ether oxygens (including phenoxy) is 1. The molecule has 2 aromatic heterocycles. The molecule has 0 bridgehead atoms. The fourth-order valence-corrected chi connectivity index (χ4v) is 13.7. The first-order valence-corrected chi connectivity index (χ1v) is 37.6. The van der Waals surface area contributed by atoms with Crippen LogP contribution in [0.25, 0.3) is 43.1 Å². The Morgan fingerprint density at radius 3 is 1.31 bits per heavy atom. The quantitative estimate of drug-likeness (QED) is 0.0231. The number of thioether (sulfide) groups is 2. The van der Waals surface area contributed by atoms with Crippen molar-refractivity contribution >= 4 is 102 Å². The minimum atomic E-state index is -1.04. The number of carbonyl (C=O) groups is 6. The van der Waals surface area contributed by atoms with Crippen LogP contribution < -0.4 is 21.3 Å². The number of carbonyl (C=O) groups excluding carboxylic acids is 5. The van der Waals surface area contributed by atoms with E-state index in [1.165, 1.54) is 28.7 Å². The summed E-state index contributed by atoms with van der Waals surface area (Å²) >= 11 is 3.15. The Kier molecular flexibility index (Phi) is 28.9. The van der Waals surface area contributed by atoms with E-state index < -0.39 is 24.0 Å². The number of aliphatic carboxylic acids is 1. The van der Waals surface area contributed by atoms with Gasteiger partial charge in [-0.15, -0.1) is 0 Å². The minimum Gasteiger partial charge on any atom is -0.480 e. The van der Waals surface area contributed by atoms with E-state index in [0.717, 1.165) is 68.0 Å². The van der Waals surface area contributed by atoms with Crippen LogP contribution in [0.1, 0.15) is 87.0 Å². The molecule has 0 spiro atoms. The van der Waals surface area contributed by atoms with Gasteiger partial charge in [0.1, 0.15) is 12.1 Å². The summed E-state index contributed by atoms with van der Waals surface area (Å²) in [5, 5.41) is 31.1. The van der Waals surface area contributed by atoms with Crippen molar-refractivity contribution in [1.82, 2.24) is 50.2 Å². The minimum absolute atomic E-state index is 0.00635. The summed E-state index contributed by atoms with van der Waals surface area (Å²) in [4.78, 5) is 91.5. The predicted molar refractivity (Wildman–Crippen MR) is 409 cm³/mol. The van der Waals surface area contributed by atoms with Crippen molar-refractivity contribution in [1.29, 1.82) is 0 Å². The van der Waals surface area contributed by atoms with E-state index >= 15 is 0 Å². The predicted octanol–water partition coefficient (Wildman–Crippen LogP) is 12.4. The Labute approximate surface area is 601 Å². The van der Waals surface area contributed by atoms with Crippen LogP contribution in [0.5, 0.6) is 0 Å². The lowest BCUT2D eigenvalue weighted by atomic mass is 9.97. The Balaban J connectivity index is 0.000000235. The fourth-order valence-electron chi connectivity index (χ4n) is 12.8. The Morgan fingerprint density at radius 1 is 0.495 bits per heavy atom. The van der Waals surface area contributed by atoms with E-state index in [2.05, 4.69) is 173 Å². The summed E-state index contributed by atoms with van der Waals surface area (Å²) in [6.07, 6.45) is 13.7. The monoisotopic (exact) mass is 1400 g/mol. The summed E-state index contributed by atoms with van der Waals surface area (Å²) in [5.74, 6) is -0.745. The molecule has 18 nitrogen and oxygen atoms in total. The van der Waals surface area contributed by atoms with Gasteiger partial charge in [0, 0.05) is 75.1 Å². The first-order valence-electron chi connectivity index (χ1n) is 34.8. The number of methoxy groups -OCH3 is 1. The highest BCUT2D eigenvalue weighted by Crippen LogP contribution is 2.25. The number of carboxylic acids is 1. The molecule has 0 radical (unpaired) electrons. The van der Waals surface area contributed by atoms with Crippen LogP contribution in [0.2, 0.25) is 0 Å². The van der Waals surface area contributed by atoms with Crippen LogP contribution in [0.15, 0.2) is 195 Å². The summed E-state index contributed by atoms with van der Waals surface area (Å²) in [5.41, 5.74) is 6.04. The summed E-state index contributed by atoms with van der Waals surface area (Å²) in [7, 11) is 1.34. The van der Waals surface area contributed by atoms with E-state index in [0.29, 0.717) is 63.6 Å². The van der Waals surface area contributed by atoms with Gasteiger partial charge in [-0.2, -0.15) is 23.5 Å². The number of fused-ring (bicyclic) bond motifs is 4. The van der Waals surface area contributed by atoms with E-state index in [1.807, 2.05) is 87.2 Å². The van der Waals surface area contributed by atoms with Gasteiger partial charge < -0.3 is 40.2 Å². The van der Waals surface area contributed by atoms with Gasteiger partial charge in [-0.25, -0.2) is 19.6 Å². The van der Waals surface area contributed by atoms with Crippen LogP contribution in [0.3, 0.4) is 0 Å². The molecule has 0 aliphatic heterocycles. The van der Waals surface area contributed by atoms with Crippen LogP contribution in [0, 0.1) is 11.8 Å². The van der Waals surface area contributed by atoms with E-state index in [4.69, 9.17) is 4.74 Å². The lowest BCUT2D eigenvalue weighted by Crippen LogP contribution is -2.51. The fraction of sp³-hybridized carbons (Fsp3) is 0.358. The highest BCUT2D eigenvalue weighted by molar-refractivity contribution is 7.98. The highest BCUT2D eigenvalue weighted by atomic mass is 32.2. The van der Waals surface area contributed by atoms with Crippen molar-refractivity contribution < 1.29 is 38.6 Å². The second kappa shape index (κ2) is 38.5. The normalized spacial score (nSPS) is 13.2. The maximum Gasteiger partial charge on any atom is 0.328 e. The molecule has 5 N–H and O–H groups in total. The molecule has 10 aromatic rings. The number of hydrogen-bond acceptors (Lipinski definition) is 13. The number of benzene rings is 8. The molecule has 101 heavy (non-hydrogen) atoms. The molecule has 0 saturated carbocycles. The lowest BCUT2D eigenvalue weighted by Gasteiger charge is -2.32. The van der Waals surface area contributed by atoms with Crippen LogP contribution in [-0.4, -0.2) is 151 Å². The van der Waals surface area contributed by atoms with E-state index in [9.17, 15) is 33.9 Å². The molecule has 4 amide bonds. The zero-order valence-corrected chi connectivity index (χ0v) is 60.7. The molecular formula is C81H96N10O8S2. The second-order valence-electron chi connectivity index (χ2n) is 26.1. The Morgan fingerprint density at radius 2 is 0.891 bits per heavy atom. The molecule has 20 heteroatoms. The average Bonchev–Trinajstić information content (AvgIpc) is 1.52. The maximum absolute atomic E-state index is 13.7. The van der Waals surface area contributed by atoms with Crippen LogP contribution in [-0.2, 0) is 72.5 Å². The van der Waals surface area contributed by atoms with Gasteiger partial charge in [-0.3, -0.25) is 29.0 Å². The third kappa shape index (κ3) is 22.3. The van der Waals surface area contributed by atoms with Crippen LogP contribution >= 0.6 is 23.5 Å². The first-order chi connectivity index (χ1) is 49.0. The molecule has 0 unspecified atom stereocenters. The zero-order chi connectivity index (χ0) is 71.6. The number of esters is 1. The number of amides is 4. The van der Waals surface area contributed by atoms with Gasteiger partial charge in [-0.05, 0) is 126 Å². The lowest BCUT2D eigenvalue weighted by molar-refractivity contribution is -0.145. The number of aromatic nitrogens is 4. The Bertz CT molecular complexity index is 4380. The molecule has 0 fully saturated rings. The molecule has 0 aliphatic carbocycles. The maximum atomic E-state index is 13.7. The van der Waals surface area contributed by atoms with Crippen molar-refractivity contribution in [3.05, 3.63) is 229 Å². The smallest absolute Gasteiger partial charge is 0.328 e. The van der Waals surface area contributed by atoms with E-state index in [-0.39, 0.29) is 73.5 Å². The molecule has 8 aromatic carbocycles.